The van der Waals surface area contributed by atoms with Gasteiger partial charge in [-0.15, -0.1) is 0 Å². The molecule has 0 aromatic heterocycles. The van der Waals surface area contributed by atoms with Crippen LogP contribution in [0.4, 0.5) is 0 Å². The van der Waals surface area contributed by atoms with Crippen molar-refractivity contribution in [2.45, 2.75) is 0 Å². The number of nitroso groups, excluding NO2 is 1. The maximum absolute atomic E-state index is 7.50. The van der Waals surface area contributed by atoms with Crippen LogP contribution in [-0.2, 0) is 18.6 Å². The monoisotopic (exact) mass is 110 g/mol. The first kappa shape index (κ1) is 25.9. The average molecular weight is 110 g/mol. The molecule has 0 heterocycles. The van der Waals surface area contributed by atoms with E-state index in [1.54, 1.807) is 0 Å². The zero-order chi connectivity index (χ0) is 2.00. The van der Waals surface area contributed by atoms with Gasteiger partial charge in [0.05, 0.1) is 0 Å². The zero-order valence-corrected chi connectivity index (χ0v) is 4.25. The fourth-order valence-electron chi connectivity index (χ4n) is 0. The standard InChI is InChI=1S/HNO.Si.V/c1-2;;/h1H;;. The Balaban J connectivity index is -0.00000000500. The summed E-state index contributed by atoms with van der Waals surface area (Å²) in [5, 5.41) is 0. The molecule has 0 amide bonds. The molecule has 0 saturated carbocycles. The van der Waals surface area contributed by atoms with E-state index in [-0.39, 0.29) is 29.5 Å². The summed E-state index contributed by atoms with van der Waals surface area (Å²) in [5.74, 6) is 0. The van der Waals surface area contributed by atoms with Gasteiger partial charge in [0.15, 0.2) is 0 Å². The fraction of sp³-hybridized carbons (Fsp3) is 0. The van der Waals surface area contributed by atoms with E-state index in [0.29, 0.717) is 0 Å². The summed E-state index contributed by atoms with van der Waals surface area (Å²) in [4.78, 5) is 7.50. The first-order chi connectivity index (χ1) is 1.00. The van der Waals surface area contributed by atoms with E-state index in [9.17, 15) is 0 Å². The Morgan fingerprint density at radius 3 is 1.25 bits per heavy atom. The summed E-state index contributed by atoms with van der Waals surface area (Å²) < 4.78 is 0. The second kappa shape index (κ2) is 122. The van der Waals surface area contributed by atoms with Crippen LogP contribution in [0.3, 0.4) is 0 Å². The molecular formula is HNOSiV. The molecule has 0 aliphatic heterocycles. The predicted octanol–water partition coefficient (Wildman–Crippen LogP) is -0.0517. The first-order valence-electron chi connectivity index (χ1n) is 0.204. The van der Waals surface area contributed by atoms with Gasteiger partial charge in [-0.3, -0.25) is 0 Å². The second-order valence-electron chi connectivity index (χ2n) is 0. The van der Waals surface area contributed by atoms with Crippen LogP contribution < -0.4 is 0 Å². The van der Waals surface area contributed by atoms with Crippen LogP contribution in [-0.4, -0.2) is 11.0 Å². The Morgan fingerprint density at radius 2 is 1.25 bits per heavy atom. The Labute approximate surface area is 40.6 Å². The van der Waals surface area contributed by atoms with Gasteiger partial charge in [0, 0.05) is 29.5 Å². The van der Waals surface area contributed by atoms with Gasteiger partial charge in [0.2, 0.25) is 0 Å². The smallest absolute Gasteiger partial charge is 0 e. The van der Waals surface area contributed by atoms with E-state index in [0.717, 1.165) is 0 Å². The third-order valence-electron chi connectivity index (χ3n) is 0. The van der Waals surface area contributed by atoms with Crippen LogP contribution >= 0.6 is 0 Å². The number of rotatable bonds is 0. The van der Waals surface area contributed by atoms with Gasteiger partial charge in [-0.05, 0) is 0 Å². The Morgan fingerprint density at radius 1 is 1.25 bits per heavy atom. The van der Waals surface area contributed by atoms with E-state index in [2.05, 4.69) is 5.59 Å². The van der Waals surface area contributed by atoms with Crippen LogP contribution in [0.25, 0.3) is 0 Å². The molecule has 21 valence electrons. The quantitative estimate of drug-likeness (QED) is 0.344. The topological polar surface area (TPSA) is 40.9 Å². The molecule has 4 heavy (non-hydrogen) atoms. The summed E-state index contributed by atoms with van der Waals surface area (Å²) in [6.45, 7) is 0. The number of hydrogen-bond donors (Lipinski definition) is 1. The molecule has 4 heteroatoms. The van der Waals surface area contributed by atoms with E-state index in [1.165, 1.54) is 0 Å². The number of hydrogen-bond acceptors (Lipinski definition) is 2. The van der Waals surface area contributed by atoms with Gasteiger partial charge in [-0.2, -0.15) is 4.91 Å². The van der Waals surface area contributed by atoms with Crippen LogP contribution in [0.15, 0.2) is 0 Å². The molecule has 0 unspecified atom stereocenters. The minimum absolute atomic E-state index is 0. The minimum Gasteiger partial charge on any atom is -0.154 e. The molecule has 0 atom stereocenters. The summed E-state index contributed by atoms with van der Waals surface area (Å²) >= 11 is 0. The van der Waals surface area contributed by atoms with Crippen molar-refractivity contribution < 1.29 is 18.6 Å². The van der Waals surface area contributed by atoms with Crippen molar-refractivity contribution in [2.24, 2.45) is 0 Å². The van der Waals surface area contributed by atoms with Crippen molar-refractivity contribution in [1.82, 2.24) is 0 Å². The van der Waals surface area contributed by atoms with Crippen LogP contribution in [0.5, 0.6) is 0 Å². The molecule has 0 bridgehead atoms. The van der Waals surface area contributed by atoms with Crippen molar-refractivity contribution >= 4 is 11.0 Å². The SMILES string of the molecule is N=O.[Si].[V]. The Kier molecular flexibility index (Phi) is 789. The first-order valence-corrected chi connectivity index (χ1v) is 0.204. The Hall–Kier alpha value is 0.401. The van der Waals surface area contributed by atoms with Gasteiger partial charge in [0.25, 0.3) is 0 Å². The molecule has 0 fully saturated rings. The summed E-state index contributed by atoms with van der Waals surface area (Å²) in [6, 6.07) is 0. The molecule has 0 aromatic carbocycles. The molecule has 0 rings (SSSR count). The molecule has 0 aromatic rings. The third-order valence-corrected chi connectivity index (χ3v) is 0. The van der Waals surface area contributed by atoms with Crippen LogP contribution in [0.1, 0.15) is 0 Å². The van der Waals surface area contributed by atoms with Crippen molar-refractivity contribution in [3.63, 3.8) is 0 Å². The van der Waals surface area contributed by atoms with Gasteiger partial charge < -0.3 is 0 Å². The molecular weight excluding hydrogens is 109 g/mol. The van der Waals surface area contributed by atoms with E-state index in [4.69, 9.17) is 4.91 Å². The third kappa shape index (κ3) is 29.3. The molecule has 0 aliphatic rings. The van der Waals surface area contributed by atoms with Crippen LogP contribution in [0.2, 0.25) is 0 Å². The summed E-state index contributed by atoms with van der Waals surface area (Å²) in [7, 11) is 0. The van der Waals surface area contributed by atoms with Crippen molar-refractivity contribution in [3.05, 3.63) is 4.91 Å². The molecule has 5 radical (unpaired) electrons. The summed E-state index contributed by atoms with van der Waals surface area (Å²) in [5.41, 5.74) is 4.50. The van der Waals surface area contributed by atoms with Gasteiger partial charge in [-0.1, -0.05) is 5.59 Å². The molecule has 0 saturated heterocycles. The van der Waals surface area contributed by atoms with E-state index in [1.807, 2.05) is 0 Å². The number of nitrogens with one attached hydrogen (secondary N) is 1. The van der Waals surface area contributed by atoms with E-state index >= 15 is 0 Å². The second-order valence-corrected chi connectivity index (χ2v) is 0. The maximum atomic E-state index is 7.50. The van der Waals surface area contributed by atoms with Crippen LogP contribution in [0, 0.1) is 10.5 Å². The molecule has 0 spiro atoms. The van der Waals surface area contributed by atoms with Gasteiger partial charge in [-0.25, -0.2) is 0 Å². The van der Waals surface area contributed by atoms with Gasteiger partial charge >= 0.3 is 0 Å². The average Bonchev–Trinajstić information content (AvgIpc) is 1.00. The predicted molar refractivity (Wildman–Crippen MR) is 11.8 cm³/mol. The molecule has 1 N–H and O–H groups in total. The van der Waals surface area contributed by atoms with Crippen molar-refractivity contribution in [2.75, 3.05) is 0 Å². The van der Waals surface area contributed by atoms with Crippen molar-refractivity contribution in [1.29, 1.82) is 5.59 Å². The van der Waals surface area contributed by atoms with Gasteiger partial charge in [0.1, 0.15) is 0 Å². The Bertz CT molecular complexity index is 8.00. The summed E-state index contributed by atoms with van der Waals surface area (Å²) in [6.07, 6.45) is 0. The fourth-order valence-corrected chi connectivity index (χ4v) is 0. The molecule has 2 nitrogen and oxygen atoms in total. The maximum Gasteiger partial charge on any atom is 0 e. The van der Waals surface area contributed by atoms with E-state index < -0.39 is 0 Å². The van der Waals surface area contributed by atoms with Crippen molar-refractivity contribution in [3.8, 4) is 0 Å². The minimum atomic E-state index is 0. The normalized spacial score (nSPS) is 1.00. The molecule has 0 aliphatic carbocycles. The zero-order valence-electron chi connectivity index (χ0n) is 1.86. The largest absolute Gasteiger partial charge is 0.154 e.